The van der Waals surface area contributed by atoms with Crippen molar-refractivity contribution in [2.45, 2.75) is 18.8 Å². The number of aromatic nitrogens is 2. The highest BCUT2D eigenvalue weighted by Crippen LogP contribution is 2.19. The van der Waals surface area contributed by atoms with Crippen molar-refractivity contribution in [1.29, 1.82) is 0 Å². The average Bonchev–Trinajstić information content (AvgIpc) is 3.08. The van der Waals surface area contributed by atoms with Gasteiger partial charge in [0.25, 0.3) is 5.91 Å². The van der Waals surface area contributed by atoms with E-state index in [9.17, 15) is 9.59 Å². The third kappa shape index (κ3) is 5.51. The van der Waals surface area contributed by atoms with E-state index >= 15 is 0 Å². The molecule has 3 aromatic rings. The third-order valence-electron chi connectivity index (χ3n) is 4.31. The smallest absolute Gasteiger partial charge is 0.326 e. The number of hydrogen-bond donors (Lipinski definition) is 1. The van der Waals surface area contributed by atoms with Crippen LogP contribution in [0.25, 0.3) is 11.0 Å². The molecule has 0 bridgehead atoms. The van der Waals surface area contributed by atoms with Gasteiger partial charge in [-0.05, 0) is 36.1 Å². The second-order valence-electron chi connectivity index (χ2n) is 6.32. The molecule has 0 atom stereocenters. The molecule has 152 valence electrons. The number of rotatable bonds is 9. The summed E-state index contributed by atoms with van der Waals surface area (Å²) in [6.07, 6.45) is 1.98. The minimum atomic E-state index is -0.477. The highest BCUT2D eigenvalue weighted by Gasteiger charge is 2.15. The quantitative estimate of drug-likeness (QED) is 0.543. The number of amides is 1. The van der Waals surface area contributed by atoms with Gasteiger partial charge < -0.3 is 19.4 Å². The summed E-state index contributed by atoms with van der Waals surface area (Å²) in [5.74, 6) is 1.41. The normalized spacial score (nSPS) is 10.7. The first-order valence-electron chi connectivity index (χ1n) is 9.09. The van der Waals surface area contributed by atoms with Crippen LogP contribution in [-0.2, 0) is 33.2 Å². The molecule has 0 saturated heterocycles. The summed E-state index contributed by atoms with van der Waals surface area (Å²) in [6.45, 7) is 0.0477. The van der Waals surface area contributed by atoms with Gasteiger partial charge in [-0.1, -0.05) is 24.3 Å². The molecule has 0 aliphatic rings. The van der Waals surface area contributed by atoms with Crippen LogP contribution in [0.2, 0.25) is 0 Å². The molecule has 3 rings (SSSR count). The predicted octanol–water partition coefficient (Wildman–Crippen LogP) is 2.77. The van der Waals surface area contributed by atoms with Crippen LogP contribution >= 0.6 is 11.8 Å². The molecule has 1 aromatic heterocycles. The molecular formula is C21H23N3O4S. The molecule has 0 spiro atoms. The van der Waals surface area contributed by atoms with Crippen LogP contribution in [0, 0.1) is 0 Å². The molecule has 0 aliphatic heterocycles. The number of carbonyl (C=O) groups is 2. The van der Waals surface area contributed by atoms with Gasteiger partial charge in [0.05, 0.1) is 23.9 Å². The molecule has 0 radical (unpaired) electrons. The molecule has 2 aromatic carbocycles. The van der Waals surface area contributed by atoms with Crippen molar-refractivity contribution in [3.8, 4) is 5.75 Å². The van der Waals surface area contributed by atoms with Gasteiger partial charge in [-0.3, -0.25) is 9.59 Å². The number of thioether (sulfide) groups is 1. The largest absolute Gasteiger partial charge is 0.497 e. The Morgan fingerprint density at radius 3 is 2.62 bits per heavy atom. The maximum atomic E-state index is 12.3. The third-order valence-corrected chi connectivity index (χ3v) is 4.85. The lowest BCUT2D eigenvalue weighted by molar-refractivity contribution is -0.149. The van der Waals surface area contributed by atoms with Crippen molar-refractivity contribution in [1.82, 2.24) is 14.9 Å². The van der Waals surface area contributed by atoms with Crippen molar-refractivity contribution in [2.75, 3.05) is 20.0 Å². The number of fused-ring (bicyclic) bond motifs is 1. The minimum absolute atomic E-state index is 0.0160. The SMILES string of the molecule is COc1ccc(CNC(=O)COC(=O)Cn2c(CSC)nc3ccccc32)cc1. The van der Waals surface area contributed by atoms with Crippen LogP contribution in [-0.4, -0.2) is 41.4 Å². The number of ether oxygens (including phenoxy) is 2. The molecule has 29 heavy (non-hydrogen) atoms. The van der Waals surface area contributed by atoms with Crippen LogP contribution in [0.3, 0.4) is 0 Å². The van der Waals surface area contributed by atoms with Crippen LogP contribution in [0.4, 0.5) is 0 Å². The maximum Gasteiger partial charge on any atom is 0.326 e. The highest BCUT2D eigenvalue weighted by atomic mass is 32.2. The summed E-state index contributed by atoms with van der Waals surface area (Å²) in [5.41, 5.74) is 2.64. The first kappa shape index (κ1) is 20.7. The first-order valence-corrected chi connectivity index (χ1v) is 10.5. The second kappa shape index (κ2) is 9.97. The number of hydrogen-bond acceptors (Lipinski definition) is 6. The van der Waals surface area contributed by atoms with Gasteiger partial charge in [-0.15, -0.1) is 0 Å². The Hall–Kier alpha value is -3.00. The van der Waals surface area contributed by atoms with E-state index in [0.29, 0.717) is 12.3 Å². The summed E-state index contributed by atoms with van der Waals surface area (Å²) < 4.78 is 12.1. The van der Waals surface area contributed by atoms with Gasteiger partial charge >= 0.3 is 5.97 Å². The lowest BCUT2D eigenvalue weighted by atomic mass is 10.2. The van der Waals surface area contributed by atoms with Crippen molar-refractivity contribution >= 4 is 34.7 Å². The summed E-state index contributed by atoms with van der Waals surface area (Å²) in [5, 5.41) is 2.73. The lowest BCUT2D eigenvalue weighted by Gasteiger charge is -2.10. The predicted molar refractivity (Wildman–Crippen MR) is 113 cm³/mol. The van der Waals surface area contributed by atoms with Crippen molar-refractivity contribution in [3.05, 3.63) is 59.9 Å². The first-order chi connectivity index (χ1) is 14.1. The van der Waals surface area contributed by atoms with Gasteiger partial charge in [0.15, 0.2) is 6.61 Å². The van der Waals surface area contributed by atoms with Crippen LogP contribution in [0.1, 0.15) is 11.4 Å². The molecule has 1 amide bonds. The zero-order valence-corrected chi connectivity index (χ0v) is 17.2. The average molecular weight is 413 g/mol. The van der Waals surface area contributed by atoms with E-state index in [1.807, 2.05) is 59.4 Å². The fourth-order valence-corrected chi connectivity index (χ4v) is 3.34. The Bertz CT molecular complexity index is 985. The van der Waals surface area contributed by atoms with Crippen molar-refractivity contribution in [2.24, 2.45) is 0 Å². The van der Waals surface area contributed by atoms with Gasteiger partial charge in [0, 0.05) is 6.54 Å². The minimum Gasteiger partial charge on any atom is -0.497 e. The van der Waals surface area contributed by atoms with E-state index in [-0.39, 0.29) is 19.1 Å². The van der Waals surface area contributed by atoms with Crippen LogP contribution in [0.5, 0.6) is 5.75 Å². The molecule has 8 heteroatoms. The number of para-hydroxylation sites is 2. The summed E-state index contributed by atoms with van der Waals surface area (Å²) in [7, 11) is 1.60. The highest BCUT2D eigenvalue weighted by molar-refractivity contribution is 7.97. The molecule has 1 N–H and O–H groups in total. The van der Waals surface area contributed by atoms with Crippen molar-refractivity contribution < 1.29 is 19.1 Å². The lowest BCUT2D eigenvalue weighted by Crippen LogP contribution is -2.29. The molecule has 1 heterocycles. The Labute approximate surface area is 173 Å². The summed E-state index contributed by atoms with van der Waals surface area (Å²) in [6, 6.07) is 15.0. The monoisotopic (exact) mass is 413 g/mol. The molecule has 0 unspecified atom stereocenters. The van der Waals surface area contributed by atoms with Gasteiger partial charge in [-0.2, -0.15) is 11.8 Å². The topological polar surface area (TPSA) is 82.5 Å². The van der Waals surface area contributed by atoms with E-state index in [0.717, 1.165) is 28.2 Å². The number of carbonyl (C=O) groups excluding carboxylic acids is 2. The Morgan fingerprint density at radius 1 is 1.14 bits per heavy atom. The Balaban J connectivity index is 1.52. The second-order valence-corrected chi connectivity index (χ2v) is 7.19. The molecule has 0 saturated carbocycles. The van der Waals surface area contributed by atoms with Crippen LogP contribution in [0.15, 0.2) is 48.5 Å². The number of nitrogens with zero attached hydrogens (tertiary/aromatic N) is 2. The van der Waals surface area contributed by atoms with E-state index < -0.39 is 5.97 Å². The molecular weight excluding hydrogens is 390 g/mol. The van der Waals surface area contributed by atoms with E-state index in [1.54, 1.807) is 18.9 Å². The Morgan fingerprint density at radius 2 is 1.90 bits per heavy atom. The maximum absolute atomic E-state index is 12.3. The van der Waals surface area contributed by atoms with Crippen molar-refractivity contribution in [3.63, 3.8) is 0 Å². The zero-order valence-electron chi connectivity index (χ0n) is 16.4. The molecule has 7 nitrogen and oxygen atoms in total. The zero-order chi connectivity index (χ0) is 20.6. The van der Waals surface area contributed by atoms with Gasteiger partial charge in [-0.25, -0.2) is 4.98 Å². The molecule has 0 fully saturated rings. The fourth-order valence-electron chi connectivity index (χ4n) is 2.86. The van der Waals surface area contributed by atoms with E-state index in [2.05, 4.69) is 10.3 Å². The van der Waals surface area contributed by atoms with E-state index in [4.69, 9.17) is 9.47 Å². The number of methoxy groups -OCH3 is 1. The van der Waals surface area contributed by atoms with Crippen LogP contribution < -0.4 is 10.1 Å². The number of benzene rings is 2. The van der Waals surface area contributed by atoms with Gasteiger partial charge in [0.1, 0.15) is 18.1 Å². The summed E-state index contributed by atoms with van der Waals surface area (Å²) >= 11 is 1.63. The summed E-state index contributed by atoms with van der Waals surface area (Å²) in [4.78, 5) is 28.9. The van der Waals surface area contributed by atoms with E-state index in [1.165, 1.54) is 0 Å². The standard InChI is InChI=1S/C21H23N3O4S/c1-27-16-9-7-15(8-10-16)11-22-20(25)13-28-21(26)12-24-18-6-4-3-5-17(18)23-19(24)14-29-2/h3-10H,11-14H2,1-2H3,(H,22,25). The number of imidazole rings is 1. The Kier molecular flexibility index (Phi) is 7.13. The number of esters is 1. The molecule has 0 aliphatic carbocycles. The van der Waals surface area contributed by atoms with Gasteiger partial charge in [0.2, 0.25) is 0 Å². The fraction of sp³-hybridized carbons (Fsp3) is 0.286. The number of nitrogens with one attached hydrogen (secondary N) is 1.